The fraction of sp³-hybridized carbons (Fsp3) is 0.500. The van der Waals surface area contributed by atoms with Crippen LogP contribution in [0.4, 0.5) is 0 Å². The van der Waals surface area contributed by atoms with Crippen molar-refractivity contribution < 1.29 is 19.0 Å². The van der Waals surface area contributed by atoms with Gasteiger partial charge in [-0.3, -0.25) is 0 Å². The third-order valence-electron chi connectivity index (χ3n) is 4.25. The Bertz CT molecular complexity index is 713. The highest BCUT2D eigenvalue weighted by molar-refractivity contribution is 8.02. The molecule has 1 atom stereocenters. The molecule has 2 aliphatic rings. The molecule has 0 aromatic heterocycles. The molecule has 2 heterocycles. The normalized spacial score (nSPS) is 19.0. The van der Waals surface area contributed by atoms with Gasteiger partial charge >= 0.3 is 5.97 Å². The van der Waals surface area contributed by atoms with Crippen molar-refractivity contribution in [3.05, 3.63) is 33.8 Å². The first-order valence-corrected chi connectivity index (χ1v) is 10.2. The lowest BCUT2D eigenvalue weighted by Gasteiger charge is -2.33. The number of benzene rings is 1. The van der Waals surface area contributed by atoms with Crippen LogP contribution in [0.15, 0.2) is 23.2 Å². The second kappa shape index (κ2) is 8.41. The average Bonchev–Trinajstić information content (AvgIpc) is 3.20. The fourth-order valence-electron chi connectivity index (χ4n) is 3.07. The fourth-order valence-corrected chi connectivity index (χ4v) is 3.95. The number of thioether (sulfide) groups is 1. The van der Waals surface area contributed by atoms with E-state index in [1.807, 2.05) is 30.5 Å². The Morgan fingerprint density at radius 1 is 1.35 bits per heavy atom. The van der Waals surface area contributed by atoms with Crippen LogP contribution in [0.2, 0.25) is 5.02 Å². The van der Waals surface area contributed by atoms with E-state index in [4.69, 9.17) is 25.8 Å². The Hall–Kier alpha value is -1.57. The first-order valence-electron chi connectivity index (χ1n) is 8.62. The van der Waals surface area contributed by atoms with Crippen molar-refractivity contribution in [3.63, 3.8) is 0 Å². The van der Waals surface area contributed by atoms with Gasteiger partial charge in [-0.15, -0.1) is 11.8 Å². The van der Waals surface area contributed by atoms with E-state index in [9.17, 15) is 4.79 Å². The van der Waals surface area contributed by atoms with E-state index in [1.165, 1.54) is 0 Å². The van der Waals surface area contributed by atoms with Crippen LogP contribution in [0.25, 0.3) is 0 Å². The van der Waals surface area contributed by atoms with Crippen molar-refractivity contribution in [2.75, 3.05) is 26.2 Å². The van der Waals surface area contributed by atoms with Gasteiger partial charge in [0.25, 0.3) is 0 Å². The highest BCUT2D eigenvalue weighted by Crippen LogP contribution is 2.39. The summed E-state index contributed by atoms with van der Waals surface area (Å²) in [6.45, 7) is 5.75. The molecule has 0 radical (unpaired) electrons. The zero-order chi connectivity index (χ0) is 18.7. The van der Waals surface area contributed by atoms with E-state index in [2.05, 4.69) is 11.9 Å². The molecule has 0 spiro atoms. The zero-order valence-corrected chi connectivity index (χ0v) is 16.7. The van der Waals surface area contributed by atoms with Crippen molar-refractivity contribution in [2.45, 2.75) is 32.9 Å². The molecular formula is C18H23ClN2O4S. The third kappa shape index (κ3) is 3.75. The monoisotopic (exact) mass is 398 g/mol. The standard InChI is InChI=1S/C18H23ClN2O4S/c1-4-6-20-10-16(26-3)17(18(22)23-5-2)21(20)9-12-7-14-15(8-13(12)19)25-11-24-14/h7-8,10,17H,4-6,9,11H2,1-3H3. The molecule has 0 saturated heterocycles. The topological polar surface area (TPSA) is 51.2 Å². The lowest BCUT2D eigenvalue weighted by Crippen LogP contribution is -2.46. The van der Waals surface area contributed by atoms with E-state index in [-0.39, 0.29) is 12.8 Å². The number of hydrazine groups is 1. The molecule has 3 rings (SSSR count). The van der Waals surface area contributed by atoms with Gasteiger partial charge in [0.2, 0.25) is 6.79 Å². The molecule has 2 aliphatic heterocycles. The van der Waals surface area contributed by atoms with E-state index in [0.29, 0.717) is 29.7 Å². The maximum Gasteiger partial charge on any atom is 0.330 e. The van der Waals surface area contributed by atoms with Gasteiger partial charge in [0.1, 0.15) is 0 Å². The van der Waals surface area contributed by atoms with Gasteiger partial charge in [0.05, 0.1) is 6.61 Å². The van der Waals surface area contributed by atoms with Crippen LogP contribution in [0.5, 0.6) is 11.5 Å². The second-order valence-electron chi connectivity index (χ2n) is 5.95. The van der Waals surface area contributed by atoms with Gasteiger partial charge in [-0.25, -0.2) is 4.79 Å². The number of halogens is 1. The van der Waals surface area contributed by atoms with Crippen molar-refractivity contribution in [3.8, 4) is 11.5 Å². The number of hydrogen-bond acceptors (Lipinski definition) is 7. The number of fused-ring (bicyclic) bond motifs is 1. The van der Waals surface area contributed by atoms with E-state index in [1.54, 1.807) is 17.8 Å². The highest BCUT2D eigenvalue weighted by atomic mass is 35.5. The van der Waals surface area contributed by atoms with Gasteiger partial charge in [-0.2, -0.15) is 5.01 Å². The SMILES string of the molecule is CCCN1C=C(SC)C(C(=O)OCC)N1Cc1cc2c(cc1Cl)OCO2. The summed E-state index contributed by atoms with van der Waals surface area (Å²) in [4.78, 5) is 13.6. The number of carbonyl (C=O) groups excluding carboxylic acids is 1. The molecule has 1 unspecified atom stereocenters. The summed E-state index contributed by atoms with van der Waals surface area (Å²) in [5.41, 5.74) is 0.877. The molecule has 26 heavy (non-hydrogen) atoms. The summed E-state index contributed by atoms with van der Waals surface area (Å²) < 4.78 is 16.2. The number of nitrogens with zero attached hydrogens (tertiary/aromatic N) is 2. The summed E-state index contributed by atoms with van der Waals surface area (Å²) in [7, 11) is 0. The average molecular weight is 399 g/mol. The van der Waals surface area contributed by atoms with E-state index >= 15 is 0 Å². The number of carbonyl (C=O) groups is 1. The maximum absolute atomic E-state index is 12.6. The van der Waals surface area contributed by atoms with Crippen molar-refractivity contribution in [1.29, 1.82) is 0 Å². The number of esters is 1. The number of rotatable bonds is 7. The Labute approximate surface area is 163 Å². The smallest absolute Gasteiger partial charge is 0.330 e. The van der Waals surface area contributed by atoms with Crippen LogP contribution in [-0.4, -0.2) is 48.2 Å². The van der Waals surface area contributed by atoms with Crippen molar-refractivity contribution in [1.82, 2.24) is 10.0 Å². The highest BCUT2D eigenvalue weighted by Gasteiger charge is 2.39. The molecule has 0 saturated carbocycles. The van der Waals surface area contributed by atoms with Gasteiger partial charge in [0.15, 0.2) is 17.5 Å². The molecule has 1 aromatic carbocycles. The molecule has 8 heteroatoms. The minimum atomic E-state index is -0.460. The lowest BCUT2D eigenvalue weighted by atomic mass is 10.1. The molecule has 142 valence electrons. The number of hydrogen-bond donors (Lipinski definition) is 0. The largest absolute Gasteiger partial charge is 0.464 e. The van der Waals surface area contributed by atoms with Crippen LogP contribution < -0.4 is 9.47 Å². The summed E-state index contributed by atoms with van der Waals surface area (Å²) in [5.74, 6) is 1.08. The Morgan fingerprint density at radius 3 is 2.73 bits per heavy atom. The quantitative estimate of drug-likeness (QED) is 0.650. The van der Waals surface area contributed by atoms with Crippen LogP contribution in [0.3, 0.4) is 0 Å². The van der Waals surface area contributed by atoms with Gasteiger partial charge in [-0.05, 0) is 31.2 Å². The van der Waals surface area contributed by atoms with Gasteiger partial charge in [-0.1, -0.05) is 18.5 Å². The molecule has 0 N–H and O–H groups in total. The Morgan fingerprint density at radius 2 is 2.08 bits per heavy atom. The zero-order valence-electron chi connectivity index (χ0n) is 15.2. The summed E-state index contributed by atoms with van der Waals surface area (Å²) in [6, 6.07) is 3.19. The molecule has 0 fully saturated rings. The summed E-state index contributed by atoms with van der Waals surface area (Å²) >= 11 is 8.01. The summed E-state index contributed by atoms with van der Waals surface area (Å²) in [6.07, 6.45) is 4.95. The molecule has 6 nitrogen and oxygen atoms in total. The van der Waals surface area contributed by atoms with E-state index < -0.39 is 6.04 Å². The third-order valence-corrected chi connectivity index (χ3v) is 5.40. The second-order valence-corrected chi connectivity index (χ2v) is 7.23. The maximum atomic E-state index is 12.6. The molecule has 0 aliphatic carbocycles. The minimum absolute atomic E-state index is 0.199. The Balaban J connectivity index is 1.90. The van der Waals surface area contributed by atoms with Crippen LogP contribution in [0, 0.1) is 0 Å². The molecule has 0 amide bonds. The minimum Gasteiger partial charge on any atom is -0.464 e. The first-order chi connectivity index (χ1) is 12.6. The predicted molar refractivity (Wildman–Crippen MR) is 102 cm³/mol. The van der Waals surface area contributed by atoms with Crippen molar-refractivity contribution >= 4 is 29.3 Å². The lowest BCUT2D eigenvalue weighted by molar-refractivity contribution is -0.152. The van der Waals surface area contributed by atoms with Gasteiger partial charge < -0.3 is 19.2 Å². The number of ether oxygens (including phenoxy) is 3. The molecule has 1 aromatic rings. The van der Waals surface area contributed by atoms with Crippen LogP contribution in [-0.2, 0) is 16.1 Å². The van der Waals surface area contributed by atoms with E-state index in [0.717, 1.165) is 23.4 Å². The van der Waals surface area contributed by atoms with Gasteiger partial charge in [0, 0.05) is 35.3 Å². The summed E-state index contributed by atoms with van der Waals surface area (Å²) in [5, 5.41) is 4.68. The van der Waals surface area contributed by atoms with Crippen molar-refractivity contribution in [2.24, 2.45) is 0 Å². The molecular weight excluding hydrogens is 376 g/mol. The molecule has 0 bridgehead atoms. The predicted octanol–water partition coefficient (Wildman–Crippen LogP) is 3.65. The Kier molecular flexibility index (Phi) is 6.21. The van der Waals surface area contributed by atoms with Crippen LogP contribution >= 0.6 is 23.4 Å². The van der Waals surface area contributed by atoms with Crippen LogP contribution in [0.1, 0.15) is 25.8 Å². The first kappa shape index (κ1) is 19.2.